The number of aromatic nitrogens is 1. The lowest BCUT2D eigenvalue weighted by molar-refractivity contribution is 0.0725. The van der Waals surface area contributed by atoms with Gasteiger partial charge < -0.3 is 9.32 Å². The predicted octanol–water partition coefficient (Wildman–Crippen LogP) is 7.14. The lowest BCUT2D eigenvalue weighted by Gasteiger charge is -2.23. The number of benzene rings is 3. The van der Waals surface area contributed by atoms with Gasteiger partial charge in [-0.2, -0.15) is 0 Å². The molecule has 0 fully saturated rings. The van der Waals surface area contributed by atoms with E-state index in [4.69, 9.17) is 39.2 Å². The van der Waals surface area contributed by atoms with Crippen LogP contribution in [0.4, 0.5) is 0 Å². The average Bonchev–Trinajstić information content (AvgIpc) is 3.23. The van der Waals surface area contributed by atoms with E-state index in [-0.39, 0.29) is 11.6 Å². The van der Waals surface area contributed by atoms with Crippen LogP contribution in [0.3, 0.4) is 0 Å². The number of hydrogen-bond donors (Lipinski definition) is 0. The van der Waals surface area contributed by atoms with E-state index in [1.54, 1.807) is 35.2 Å². The third-order valence-electron chi connectivity index (χ3n) is 4.67. The number of nitrogens with zero attached hydrogens (tertiary/aromatic N) is 2. The first-order valence-corrected chi connectivity index (χ1v) is 10.6. The SMILES string of the molecule is O=C(c1ncoc1-c1cccc(Cl)c1)N(Cc1cccc(Cl)c1)Cc1cccc(Cl)c1. The molecule has 0 bridgehead atoms. The second-order valence-electron chi connectivity index (χ2n) is 6.96. The average molecular weight is 472 g/mol. The van der Waals surface area contributed by atoms with Gasteiger partial charge >= 0.3 is 0 Å². The highest BCUT2D eigenvalue weighted by molar-refractivity contribution is 6.31. The summed E-state index contributed by atoms with van der Waals surface area (Å²) in [4.78, 5) is 19.5. The summed E-state index contributed by atoms with van der Waals surface area (Å²) in [6, 6.07) is 21.9. The van der Waals surface area contributed by atoms with Gasteiger partial charge in [0.05, 0.1) is 0 Å². The van der Waals surface area contributed by atoms with Gasteiger partial charge in [-0.1, -0.05) is 71.2 Å². The van der Waals surface area contributed by atoms with E-state index in [0.29, 0.717) is 39.5 Å². The molecular formula is C24H17Cl3N2O2. The highest BCUT2D eigenvalue weighted by Crippen LogP contribution is 2.28. The molecule has 4 rings (SSSR count). The summed E-state index contributed by atoms with van der Waals surface area (Å²) >= 11 is 18.4. The Morgan fingerprint density at radius 1 is 0.806 bits per heavy atom. The molecule has 4 nitrogen and oxygen atoms in total. The zero-order valence-electron chi connectivity index (χ0n) is 16.3. The van der Waals surface area contributed by atoms with E-state index in [0.717, 1.165) is 11.1 Å². The number of amides is 1. The van der Waals surface area contributed by atoms with Crippen molar-refractivity contribution >= 4 is 40.7 Å². The van der Waals surface area contributed by atoms with E-state index in [2.05, 4.69) is 4.98 Å². The molecule has 4 aromatic rings. The number of halogens is 3. The van der Waals surface area contributed by atoms with Gasteiger partial charge in [0.1, 0.15) is 0 Å². The van der Waals surface area contributed by atoms with Gasteiger partial charge in [-0.15, -0.1) is 0 Å². The first kappa shape index (κ1) is 21.4. The van der Waals surface area contributed by atoms with Crippen LogP contribution in [-0.2, 0) is 13.1 Å². The molecule has 0 atom stereocenters. The molecule has 31 heavy (non-hydrogen) atoms. The third-order valence-corrected chi connectivity index (χ3v) is 5.37. The second-order valence-corrected chi connectivity index (χ2v) is 8.27. The van der Waals surface area contributed by atoms with Crippen molar-refractivity contribution in [3.8, 4) is 11.3 Å². The lowest BCUT2D eigenvalue weighted by atomic mass is 10.1. The highest BCUT2D eigenvalue weighted by atomic mass is 35.5. The molecule has 0 aliphatic carbocycles. The van der Waals surface area contributed by atoms with Crippen LogP contribution in [0.25, 0.3) is 11.3 Å². The quantitative estimate of drug-likeness (QED) is 0.300. The minimum absolute atomic E-state index is 0.214. The fraction of sp³-hybridized carbons (Fsp3) is 0.0833. The minimum atomic E-state index is -0.274. The Kier molecular flexibility index (Phi) is 6.62. The highest BCUT2D eigenvalue weighted by Gasteiger charge is 2.24. The summed E-state index contributed by atoms with van der Waals surface area (Å²) in [5.41, 5.74) is 2.69. The van der Waals surface area contributed by atoms with Crippen LogP contribution < -0.4 is 0 Å². The number of carbonyl (C=O) groups excluding carboxylic acids is 1. The molecule has 0 radical (unpaired) electrons. The Morgan fingerprint density at radius 3 is 1.90 bits per heavy atom. The lowest BCUT2D eigenvalue weighted by Crippen LogP contribution is -2.30. The zero-order chi connectivity index (χ0) is 21.8. The number of rotatable bonds is 6. The summed E-state index contributed by atoms with van der Waals surface area (Å²) in [7, 11) is 0. The van der Waals surface area contributed by atoms with Crippen molar-refractivity contribution < 1.29 is 9.21 Å². The van der Waals surface area contributed by atoms with E-state index in [9.17, 15) is 4.79 Å². The van der Waals surface area contributed by atoms with Crippen molar-refractivity contribution in [3.05, 3.63) is 111 Å². The van der Waals surface area contributed by atoms with Gasteiger partial charge in [0.2, 0.25) is 0 Å². The van der Waals surface area contributed by atoms with Gasteiger partial charge in [-0.3, -0.25) is 4.79 Å². The molecule has 1 amide bonds. The Hall–Kier alpha value is -2.79. The summed E-state index contributed by atoms with van der Waals surface area (Å²) < 4.78 is 5.56. The van der Waals surface area contributed by atoms with Crippen molar-refractivity contribution in [3.63, 3.8) is 0 Å². The molecule has 0 aliphatic heterocycles. The molecule has 156 valence electrons. The summed E-state index contributed by atoms with van der Waals surface area (Å²) in [6.45, 7) is 0.682. The first-order chi connectivity index (χ1) is 15.0. The largest absolute Gasteiger partial charge is 0.443 e. The summed E-state index contributed by atoms with van der Waals surface area (Å²) in [5.74, 6) is 0.0957. The molecule has 1 heterocycles. The molecule has 0 spiro atoms. The van der Waals surface area contributed by atoms with Crippen molar-refractivity contribution in [2.75, 3.05) is 0 Å². The van der Waals surface area contributed by atoms with Crippen LogP contribution in [0, 0.1) is 0 Å². The molecule has 3 aromatic carbocycles. The van der Waals surface area contributed by atoms with Crippen molar-refractivity contribution in [2.45, 2.75) is 13.1 Å². The van der Waals surface area contributed by atoms with E-state index < -0.39 is 0 Å². The van der Waals surface area contributed by atoms with Crippen LogP contribution >= 0.6 is 34.8 Å². The normalized spacial score (nSPS) is 10.8. The van der Waals surface area contributed by atoms with Crippen molar-refractivity contribution in [1.29, 1.82) is 0 Å². The van der Waals surface area contributed by atoms with Crippen molar-refractivity contribution in [2.24, 2.45) is 0 Å². The monoisotopic (exact) mass is 470 g/mol. The topological polar surface area (TPSA) is 46.3 Å². The number of oxazole rings is 1. The Morgan fingerprint density at radius 2 is 1.35 bits per heavy atom. The van der Waals surface area contributed by atoms with Crippen LogP contribution in [0.5, 0.6) is 0 Å². The molecule has 0 N–H and O–H groups in total. The molecular weight excluding hydrogens is 455 g/mol. The van der Waals surface area contributed by atoms with E-state index >= 15 is 0 Å². The third kappa shape index (κ3) is 5.28. The van der Waals surface area contributed by atoms with E-state index in [1.165, 1.54) is 6.39 Å². The minimum Gasteiger partial charge on any atom is -0.443 e. The molecule has 0 unspecified atom stereocenters. The standard InChI is InChI=1S/C24H17Cl3N2O2/c25-19-7-1-4-16(10-19)13-29(14-17-5-2-8-20(26)11-17)24(30)22-23(31-15-28-22)18-6-3-9-21(27)12-18/h1-12,15H,13-14H2. The van der Waals surface area contributed by atoms with Crippen LogP contribution in [0.1, 0.15) is 21.6 Å². The fourth-order valence-corrected chi connectivity index (χ4v) is 3.91. The second kappa shape index (κ2) is 9.56. The van der Waals surface area contributed by atoms with Gasteiger partial charge in [0.25, 0.3) is 5.91 Å². The Balaban J connectivity index is 1.69. The number of carbonyl (C=O) groups is 1. The predicted molar refractivity (Wildman–Crippen MR) is 123 cm³/mol. The smallest absolute Gasteiger partial charge is 0.277 e. The molecule has 1 aromatic heterocycles. The maximum Gasteiger partial charge on any atom is 0.277 e. The first-order valence-electron chi connectivity index (χ1n) is 9.47. The molecule has 0 aliphatic rings. The molecule has 0 saturated carbocycles. The summed E-state index contributed by atoms with van der Waals surface area (Å²) in [5, 5.41) is 1.75. The van der Waals surface area contributed by atoms with Gasteiger partial charge in [-0.25, -0.2) is 4.98 Å². The maximum absolute atomic E-state index is 13.6. The maximum atomic E-state index is 13.6. The van der Waals surface area contributed by atoms with Crippen LogP contribution in [0.2, 0.25) is 15.1 Å². The Bertz CT molecular complexity index is 1180. The number of hydrogen-bond acceptors (Lipinski definition) is 3. The zero-order valence-corrected chi connectivity index (χ0v) is 18.5. The molecule has 7 heteroatoms. The fourth-order valence-electron chi connectivity index (χ4n) is 3.29. The van der Waals surface area contributed by atoms with Crippen molar-refractivity contribution in [1.82, 2.24) is 9.88 Å². The van der Waals surface area contributed by atoms with Crippen LogP contribution in [-0.4, -0.2) is 15.8 Å². The summed E-state index contributed by atoms with van der Waals surface area (Å²) in [6.07, 6.45) is 1.26. The van der Waals surface area contributed by atoms with Crippen LogP contribution in [0.15, 0.2) is 83.6 Å². The van der Waals surface area contributed by atoms with Gasteiger partial charge in [-0.05, 0) is 47.5 Å². The van der Waals surface area contributed by atoms with E-state index in [1.807, 2.05) is 42.5 Å². The molecule has 0 saturated heterocycles. The Labute approximate surface area is 195 Å². The van der Waals surface area contributed by atoms with Gasteiger partial charge in [0, 0.05) is 33.7 Å². The van der Waals surface area contributed by atoms with Gasteiger partial charge in [0.15, 0.2) is 17.8 Å².